The van der Waals surface area contributed by atoms with Gasteiger partial charge in [0.05, 0.1) is 12.3 Å². The van der Waals surface area contributed by atoms with E-state index in [-0.39, 0.29) is 5.82 Å². The van der Waals surface area contributed by atoms with Crippen LogP contribution in [0.4, 0.5) is 10.1 Å². The van der Waals surface area contributed by atoms with E-state index < -0.39 is 0 Å². The summed E-state index contributed by atoms with van der Waals surface area (Å²) in [6.07, 6.45) is 2.22. The van der Waals surface area contributed by atoms with Crippen LogP contribution in [0.15, 0.2) is 18.2 Å². The van der Waals surface area contributed by atoms with Crippen molar-refractivity contribution < 1.29 is 9.13 Å². The first-order valence-electron chi connectivity index (χ1n) is 5.82. The molecule has 2 nitrogen and oxygen atoms in total. The van der Waals surface area contributed by atoms with Crippen molar-refractivity contribution in [3.8, 4) is 0 Å². The normalized spacial score (nSPS) is 10.4. The Balaban J connectivity index is 2.26. The third-order valence-corrected chi connectivity index (χ3v) is 2.41. The van der Waals surface area contributed by atoms with Crippen molar-refractivity contribution in [1.82, 2.24) is 0 Å². The zero-order valence-electron chi connectivity index (χ0n) is 10.1. The van der Waals surface area contributed by atoms with Gasteiger partial charge in [-0.3, -0.25) is 0 Å². The molecule has 0 aromatic heterocycles. The number of aryl methyl sites for hydroxylation is 1. The van der Waals surface area contributed by atoms with Gasteiger partial charge >= 0.3 is 0 Å². The Hall–Kier alpha value is -1.09. The van der Waals surface area contributed by atoms with Crippen LogP contribution in [0.5, 0.6) is 0 Å². The van der Waals surface area contributed by atoms with E-state index in [1.807, 2.05) is 13.0 Å². The summed E-state index contributed by atoms with van der Waals surface area (Å²) in [6.45, 7) is 6.07. The molecular weight excluding hydrogens is 205 g/mol. The molecule has 0 amide bonds. The second-order valence-corrected chi connectivity index (χ2v) is 3.82. The molecule has 0 unspecified atom stereocenters. The molecule has 0 spiro atoms. The Morgan fingerprint density at radius 2 is 2.12 bits per heavy atom. The molecule has 3 heteroatoms. The van der Waals surface area contributed by atoms with E-state index in [4.69, 9.17) is 4.74 Å². The maximum Gasteiger partial charge on any atom is 0.146 e. The number of rotatable bonds is 7. The molecule has 0 atom stereocenters. The summed E-state index contributed by atoms with van der Waals surface area (Å²) in [4.78, 5) is 0. The zero-order chi connectivity index (χ0) is 11.8. The Morgan fingerprint density at radius 1 is 1.31 bits per heavy atom. The minimum atomic E-state index is -0.200. The van der Waals surface area contributed by atoms with Gasteiger partial charge in [0.25, 0.3) is 0 Å². The molecule has 0 heterocycles. The van der Waals surface area contributed by atoms with Gasteiger partial charge in [-0.1, -0.05) is 25.5 Å². The van der Waals surface area contributed by atoms with Crippen molar-refractivity contribution in [2.45, 2.75) is 26.7 Å². The average Bonchev–Trinajstić information content (AvgIpc) is 2.26. The van der Waals surface area contributed by atoms with Gasteiger partial charge in [0, 0.05) is 13.2 Å². The van der Waals surface area contributed by atoms with Crippen molar-refractivity contribution in [3.05, 3.63) is 29.6 Å². The summed E-state index contributed by atoms with van der Waals surface area (Å²) in [5, 5.41) is 3.06. The van der Waals surface area contributed by atoms with Gasteiger partial charge in [0.2, 0.25) is 0 Å². The van der Waals surface area contributed by atoms with Gasteiger partial charge in [-0.25, -0.2) is 4.39 Å². The second kappa shape index (κ2) is 7.23. The van der Waals surface area contributed by atoms with Gasteiger partial charge in [-0.15, -0.1) is 0 Å². The Morgan fingerprint density at radius 3 is 2.81 bits per heavy atom. The van der Waals surface area contributed by atoms with Crippen LogP contribution in [0.2, 0.25) is 0 Å². The number of unbranched alkanes of at least 4 members (excludes halogenated alkanes) is 1. The highest BCUT2D eigenvalue weighted by Crippen LogP contribution is 2.17. The lowest BCUT2D eigenvalue weighted by Crippen LogP contribution is -2.11. The van der Waals surface area contributed by atoms with Crippen molar-refractivity contribution in [1.29, 1.82) is 0 Å². The maximum absolute atomic E-state index is 13.4. The van der Waals surface area contributed by atoms with E-state index in [9.17, 15) is 4.39 Å². The van der Waals surface area contributed by atoms with Gasteiger partial charge in [0.1, 0.15) is 5.82 Å². The lowest BCUT2D eigenvalue weighted by molar-refractivity contribution is 0.141. The lowest BCUT2D eigenvalue weighted by Gasteiger charge is -2.10. The molecule has 0 fully saturated rings. The molecule has 0 radical (unpaired) electrons. The standard InChI is InChI=1S/C13H20FNO/c1-3-4-9-16-10-8-15-13-11(2)6-5-7-12(13)14/h5-7,15H,3-4,8-10H2,1-2H3. The highest BCUT2D eigenvalue weighted by atomic mass is 19.1. The van der Waals surface area contributed by atoms with Crippen molar-refractivity contribution in [2.24, 2.45) is 0 Å². The van der Waals surface area contributed by atoms with Crippen LogP contribution >= 0.6 is 0 Å². The van der Waals surface area contributed by atoms with E-state index in [1.165, 1.54) is 6.07 Å². The van der Waals surface area contributed by atoms with Crippen LogP contribution in [-0.2, 0) is 4.74 Å². The minimum absolute atomic E-state index is 0.200. The number of benzene rings is 1. The second-order valence-electron chi connectivity index (χ2n) is 3.82. The molecule has 1 rings (SSSR count). The van der Waals surface area contributed by atoms with Crippen LogP contribution in [0.3, 0.4) is 0 Å². The molecule has 1 aromatic rings. The van der Waals surface area contributed by atoms with Crippen LogP contribution in [-0.4, -0.2) is 19.8 Å². The Bertz CT molecular complexity index is 295. The molecule has 0 saturated heterocycles. The first-order valence-corrected chi connectivity index (χ1v) is 5.82. The van der Waals surface area contributed by atoms with E-state index in [0.717, 1.165) is 25.0 Å². The molecule has 0 aliphatic rings. The largest absolute Gasteiger partial charge is 0.380 e. The minimum Gasteiger partial charge on any atom is -0.380 e. The molecule has 0 aliphatic carbocycles. The monoisotopic (exact) mass is 225 g/mol. The zero-order valence-corrected chi connectivity index (χ0v) is 10.1. The summed E-state index contributed by atoms with van der Waals surface area (Å²) in [7, 11) is 0. The van der Waals surface area contributed by atoms with Crippen molar-refractivity contribution in [2.75, 3.05) is 25.1 Å². The van der Waals surface area contributed by atoms with E-state index in [0.29, 0.717) is 18.8 Å². The molecule has 16 heavy (non-hydrogen) atoms. The van der Waals surface area contributed by atoms with Crippen LogP contribution in [0, 0.1) is 12.7 Å². The summed E-state index contributed by atoms with van der Waals surface area (Å²) in [5.41, 5.74) is 1.51. The Labute approximate surface area is 96.8 Å². The van der Waals surface area contributed by atoms with Crippen LogP contribution in [0.25, 0.3) is 0 Å². The van der Waals surface area contributed by atoms with E-state index in [2.05, 4.69) is 12.2 Å². The number of para-hydroxylation sites is 1. The van der Waals surface area contributed by atoms with Crippen molar-refractivity contribution >= 4 is 5.69 Å². The van der Waals surface area contributed by atoms with E-state index >= 15 is 0 Å². The van der Waals surface area contributed by atoms with Crippen molar-refractivity contribution in [3.63, 3.8) is 0 Å². The predicted octanol–water partition coefficient (Wildman–Crippen LogP) is 3.36. The van der Waals surface area contributed by atoms with Gasteiger partial charge < -0.3 is 10.1 Å². The molecule has 1 aromatic carbocycles. The number of ether oxygens (including phenoxy) is 1. The fourth-order valence-corrected chi connectivity index (χ4v) is 1.45. The highest BCUT2D eigenvalue weighted by molar-refractivity contribution is 5.51. The SMILES string of the molecule is CCCCOCCNc1c(C)cccc1F. The smallest absolute Gasteiger partial charge is 0.146 e. The molecule has 90 valence electrons. The highest BCUT2D eigenvalue weighted by Gasteiger charge is 2.03. The first-order chi connectivity index (χ1) is 7.75. The number of hydrogen-bond acceptors (Lipinski definition) is 2. The number of halogens is 1. The Kier molecular flexibility index (Phi) is 5.86. The van der Waals surface area contributed by atoms with Crippen LogP contribution in [0.1, 0.15) is 25.3 Å². The molecule has 0 aliphatic heterocycles. The fourth-order valence-electron chi connectivity index (χ4n) is 1.45. The molecule has 0 bridgehead atoms. The van der Waals surface area contributed by atoms with E-state index in [1.54, 1.807) is 6.07 Å². The lowest BCUT2D eigenvalue weighted by atomic mass is 10.2. The van der Waals surface area contributed by atoms with Crippen LogP contribution < -0.4 is 5.32 Å². The third-order valence-electron chi connectivity index (χ3n) is 2.41. The maximum atomic E-state index is 13.4. The van der Waals surface area contributed by atoms with Gasteiger partial charge in [0.15, 0.2) is 0 Å². The average molecular weight is 225 g/mol. The summed E-state index contributed by atoms with van der Waals surface area (Å²) in [5.74, 6) is -0.200. The summed E-state index contributed by atoms with van der Waals surface area (Å²) < 4.78 is 18.8. The van der Waals surface area contributed by atoms with Gasteiger partial charge in [-0.05, 0) is 25.0 Å². The third kappa shape index (κ3) is 4.19. The first kappa shape index (κ1) is 13.0. The summed E-state index contributed by atoms with van der Waals surface area (Å²) >= 11 is 0. The number of hydrogen-bond donors (Lipinski definition) is 1. The quantitative estimate of drug-likeness (QED) is 0.718. The summed E-state index contributed by atoms with van der Waals surface area (Å²) in [6, 6.07) is 5.07. The molecule has 1 N–H and O–H groups in total. The molecule has 0 saturated carbocycles. The topological polar surface area (TPSA) is 21.3 Å². The number of nitrogens with one attached hydrogen (secondary N) is 1. The predicted molar refractivity (Wildman–Crippen MR) is 65.4 cm³/mol. The van der Waals surface area contributed by atoms with Gasteiger partial charge in [-0.2, -0.15) is 0 Å². The number of anilines is 1. The molecular formula is C13H20FNO. The fraction of sp³-hybridized carbons (Fsp3) is 0.538.